The van der Waals surface area contributed by atoms with Crippen molar-refractivity contribution in [3.8, 4) is 0 Å². The average molecular weight is 385 g/mol. The maximum atomic E-state index is 11.9. The summed E-state index contributed by atoms with van der Waals surface area (Å²) >= 11 is 8.98. The van der Waals surface area contributed by atoms with E-state index < -0.39 is 0 Å². The van der Waals surface area contributed by atoms with Crippen molar-refractivity contribution in [3.05, 3.63) is 28.2 Å². The molecule has 0 aliphatic carbocycles. The van der Waals surface area contributed by atoms with Gasteiger partial charge in [0.25, 0.3) is 0 Å². The number of rotatable bonds is 3. The molecule has 0 aromatic heterocycles. The highest BCUT2D eigenvalue weighted by Gasteiger charge is 2.28. The lowest BCUT2D eigenvalue weighted by atomic mass is 9.98. The lowest BCUT2D eigenvalue weighted by Gasteiger charge is -2.33. The van der Waals surface area contributed by atoms with E-state index in [9.17, 15) is 4.79 Å². The molecule has 1 atom stereocenters. The molecule has 1 aliphatic heterocycles. The highest BCUT2D eigenvalue weighted by Crippen LogP contribution is 2.22. The minimum Gasteiger partial charge on any atom is -0.466 e. The largest absolute Gasteiger partial charge is 0.466 e. The van der Waals surface area contributed by atoms with Crippen LogP contribution in [0.5, 0.6) is 0 Å². The molecule has 0 amide bonds. The summed E-state index contributed by atoms with van der Waals surface area (Å²) in [5, 5.41) is 3.92. The molecule has 0 saturated carbocycles. The van der Waals surface area contributed by atoms with Crippen LogP contribution in [0, 0.1) is 12.8 Å². The minimum atomic E-state index is -0.116. The summed E-state index contributed by atoms with van der Waals surface area (Å²) < 4.78 is 6.20. The van der Waals surface area contributed by atoms with Gasteiger partial charge in [-0.15, -0.1) is 0 Å². The molecule has 0 bridgehead atoms. The van der Waals surface area contributed by atoms with Crippen molar-refractivity contribution < 1.29 is 9.53 Å². The van der Waals surface area contributed by atoms with E-state index in [-0.39, 0.29) is 11.9 Å². The number of nitrogens with zero attached hydrogens (tertiary/aromatic N) is 1. The van der Waals surface area contributed by atoms with Gasteiger partial charge in [-0.3, -0.25) is 4.79 Å². The number of halogens is 1. The van der Waals surface area contributed by atoms with Crippen molar-refractivity contribution in [3.63, 3.8) is 0 Å². The smallest absolute Gasteiger partial charge is 0.310 e. The number of carbonyl (C=O) groups is 1. The van der Waals surface area contributed by atoms with Crippen molar-refractivity contribution in [2.75, 3.05) is 25.0 Å². The number of piperidine rings is 1. The Hall–Kier alpha value is -1.14. The van der Waals surface area contributed by atoms with Crippen LogP contribution in [0.25, 0.3) is 0 Å². The number of ether oxygens (including phenoxy) is 1. The van der Waals surface area contributed by atoms with Gasteiger partial charge in [0, 0.05) is 23.2 Å². The summed E-state index contributed by atoms with van der Waals surface area (Å²) in [6.07, 6.45) is 1.82. The van der Waals surface area contributed by atoms with Gasteiger partial charge in [0.1, 0.15) is 0 Å². The molecule has 0 spiro atoms. The van der Waals surface area contributed by atoms with Gasteiger partial charge in [-0.1, -0.05) is 15.9 Å². The van der Waals surface area contributed by atoms with Crippen LogP contribution in [0.2, 0.25) is 0 Å². The summed E-state index contributed by atoms with van der Waals surface area (Å²) in [6, 6.07) is 6.03. The van der Waals surface area contributed by atoms with E-state index in [4.69, 9.17) is 17.0 Å². The van der Waals surface area contributed by atoms with Crippen molar-refractivity contribution in [1.29, 1.82) is 0 Å². The van der Waals surface area contributed by atoms with Gasteiger partial charge >= 0.3 is 5.97 Å². The third kappa shape index (κ3) is 4.43. The van der Waals surface area contributed by atoms with Crippen molar-refractivity contribution in [2.45, 2.75) is 26.7 Å². The fourth-order valence-electron chi connectivity index (χ4n) is 2.54. The first-order valence-corrected chi connectivity index (χ1v) is 8.70. The maximum absolute atomic E-state index is 11.9. The Morgan fingerprint density at radius 3 is 3.00 bits per heavy atom. The molecule has 1 unspecified atom stereocenters. The topological polar surface area (TPSA) is 41.6 Å². The van der Waals surface area contributed by atoms with Crippen LogP contribution in [-0.2, 0) is 9.53 Å². The molecule has 6 heteroatoms. The number of thiocarbonyl (C=S) groups is 1. The van der Waals surface area contributed by atoms with E-state index in [1.54, 1.807) is 0 Å². The average Bonchev–Trinajstić information content (AvgIpc) is 2.51. The molecule has 1 N–H and O–H groups in total. The van der Waals surface area contributed by atoms with Crippen LogP contribution in [0.1, 0.15) is 25.3 Å². The van der Waals surface area contributed by atoms with E-state index in [0.717, 1.165) is 35.1 Å². The predicted molar refractivity (Wildman–Crippen MR) is 96.0 cm³/mol. The van der Waals surface area contributed by atoms with Crippen molar-refractivity contribution in [1.82, 2.24) is 4.90 Å². The summed E-state index contributed by atoms with van der Waals surface area (Å²) in [5.41, 5.74) is 2.11. The predicted octanol–water partition coefficient (Wildman–Crippen LogP) is 3.73. The lowest BCUT2D eigenvalue weighted by molar-refractivity contribution is -0.149. The molecule has 1 fully saturated rings. The standard InChI is InChI=1S/C16H21BrN2O2S/c1-3-21-15(20)12-5-4-8-19(10-12)16(22)18-13-6-7-14(17)11(2)9-13/h6-7,9,12H,3-5,8,10H2,1-2H3,(H,18,22). The van der Waals surface area contributed by atoms with Gasteiger partial charge in [0.15, 0.2) is 5.11 Å². The molecule has 1 aliphatic rings. The van der Waals surface area contributed by atoms with Gasteiger partial charge in [-0.2, -0.15) is 0 Å². The number of carbonyl (C=O) groups excluding carboxylic acids is 1. The zero-order valence-corrected chi connectivity index (χ0v) is 15.3. The Balaban J connectivity index is 1.96. The second kappa shape index (κ2) is 7.92. The first-order chi connectivity index (χ1) is 10.5. The van der Waals surface area contributed by atoms with Crippen molar-refractivity contribution >= 4 is 44.9 Å². The number of esters is 1. The zero-order valence-electron chi connectivity index (χ0n) is 12.9. The summed E-state index contributed by atoms with van der Waals surface area (Å²) in [7, 11) is 0. The number of likely N-dealkylation sites (tertiary alicyclic amines) is 1. The first-order valence-electron chi connectivity index (χ1n) is 7.50. The fraction of sp³-hybridized carbons (Fsp3) is 0.500. The molecule has 1 heterocycles. The first kappa shape index (κ1) is 17.2. The third-order valence-electron chi connectivity index (χ3n) is 3.74. The third-order valence-corrected chi connectivity index (χ3v) is 4.99. The SMILES string of the molecule is CCOC(=O)C1CCCN(C(=S)Nc2ccc(Br)c(C)c2)C1. The Bertz CT molecular complexity index is 565. The molecule has 1 aromatic carbocycles. The summed E-state index contributed by atoms with van der Waals surface area (Å²) in [4.78, 5) is 13.9. The van der Waals surface area contributed by atoms with Crippen molar-refractivity contribution in [2.24, 2.45) is 5.92 Å². The molecule has 1 saturated heterocycles. The molecule has 0 radical (unpaired) electrons. The maximum Gasteiger partial charge on any atom is 0.310 e. The quantitative estimate of drug-likeness (QED) is 0.634. The molecule has 120 valence electrons. The molecular weight excluding hydrogens is 364 g/mol. The second-order valence-electron chi connectivity index (χ2n) is 5.43. The Morgan fingerprint density at radius 1 is 1.55 bits per heavy atom. The van der Waals surface area contributed by atoms with Crippen LogP contribution in [-0.4, -0.2) is 35.7 Å². The van der Waals surface area contributed by atoms with Crippen LogP contribution in [0.4, 0.5) is 5.69 Å². The number of anilines is 1. The van der Waals surface area contributed by atoms with Crippen LogP contribution in [0.15, 0.2) is 22.7 Å². The number of hydrogen-bond donors (Lipinski definition) is 1. The molecular formula is C16H21BrN2O2S. The minimum absolute atomic E-state index is 0.0832. The van der Waals surface area contributed by atoms with Crippen LogP contribution >= 0.6 is 28.1 Å². The molecule has 2 rings (SSSR count). The van der Waals surface area contributed by atoms with E-state index in [1.807, 2.05) is 32.0 Å². The Kier molecular flexibility index (Phi) is 6.20. The highest BCUT2D eigenvalue weighted by molar-refractivity contribution is 9.10. The van der Waals surface area contributed by atoms with Crippen LogP contribution in [0.3, 0.4) is 0 Å². The second-order valence-corrected chi connectivity index (χ2v) is 6.67. The summed E-state index contributed by atoms with van der Waals surface area (Å²) in [6.45, 7) is 5.80. The van der Waals surface area contributed by atoms with Gasteiger partial charge in [0.2, 0.25) is 0 Å². The Morgan fingerprint density at radius 2 is 2.32 bits per heavy atom. The molecule has 1 aromatic rings. The zero-order chi connectivity index (χ0) is 16.1. The normalized spacial score (nSPS) is 18.0. The van der Waals surface area contributed by atoms with Gasteiger partial charge in [-0.25, -0.2) is 0 Å². The van der Waals surface area contributed by atoms with Gasteiger partial charge < -0.3 is 15.0 Å². The van der Waals surface area contributed by atoms with Gasteiger partial charge in [0.05, 0.1) is 12.5 Å². The van der Waals surface area contributed by atoms with E-state index >= 15 is 0 Å². The van der Waals surface area contributed by atoms with E-state index in [2.05, 4.69) is 26.1 Å². The Labute approximate surface area is 145 Å². The highest BCUT2D eigenvalue weighted by atomic mass is 79.9. The number of nitrogens with one attached hydrogen (secondary N) is 1. The number of benzene rings is 1. The monoisotopic (exact) mass is 384 g/mol. The molecule has 4 nitrogen and oxygen atoms in total. The van der Waals surface area contributed by atoms with Crippen LogP contribution < -0.4 is 5.32 Å². The number of hydrogen-bond acceptors (Lipinski definition) is 3. The van der Waals surface area contributed by atoms with E-state index in [0.29, 0.717) is 18.3 Å². The number of aryl methyl sites for hydroxylation is 1. The lowest BCUT2D eigenvalue weighted by Crippen LogP contribution is -2.44. The molecule has 22 heavy (non-hydrogen) atoms. The summed E-state index contributed by atoms with van der Waals surface area (Å²) in [5.74, 6) is -0.199. The van der Waals surface area contributed by atoms with Gasteiger partial charge in [-0.05, 0) is 62.7 Å². The fourth-order valence-corrected chi connectivity index (χ4v) is 3.07. The van der Waals surface area contributed by atoms with E-state index in [1.165, 1.54) is 0 Å².